The van der Waals surface area contributed by atoms with Crippen LogP contribution in [-0.2, 0) is 4.79 Å². The molecule has 0 unspecified atom stereocenters. The third-order valence-corrected chi connectivity index (χ3v) is 3.46. The Morgan fingerprint density at radius 1 is 1.29 bits per heavy atom. The number of carboxylic acid groups (broad SMARTS) is 1. The fourth-order valence-corrected chi connectivity index (χ4v) is 2.17. The van der Waals surface area contributed by atoms with Crippen LogP contribution in [-0.4, -0.2) is 64.6 Å². The van der Waals surface area contributed by atoms with Gasteiger partial charge in [0.1, 0.15) is 0 Å². The van der Waals surface area contributed by atoms with Crippen LogP contribution in [0, 0.1) is 6.92 Å². The van der Waals surface area contributed by atoms with Crippen molar-refractivity contribution in [1.82, 2.24) is 14.8 Å². The fourth-order valence-electron chi connectivity index (χ4n) is 2.17. The SMILES string of the molecule is Cc1ccc(NC(=O)N2CCN(CCC(=O)O)CC2)cn1. The van der Waals surface area contributed by atoms with Gasteiger partial charge in [0.05, 0.1) is 18.3 Å². The van der Waals surface area contributed by atoms with Gasteiger partial charge in [-0.2, -0.15) is 0 Å². The molecule has 2 heterocycles. The Morgan fingerprint density at radius 3 is 2.57 bits per heavy atom. The molecule has 1 aromatic heterocycles. The van der Waals surface area contributed by atoms with Crippen molar-refractivity contribution in [3.05, 3.63) is 24.0 Å². The zero-order chi connectivity index (χ0) is 15.2. The van der Waals surface area contributed by atoms with Crippen molar-refractivity contribution in [2.24, 2.45) is 0 Å². The van der Waals surface area contributed by atoms with Gasteiger partial charge < -0.3 is 15.3 Å². The first-order chi connectivity index (χ1) is 10.0. The van der Waals surface area contributed by atoms with E-state index in [4.69, 9.17) is 5.11 Å². The van der Waals surface area contributed by atoms with E-state index in [1.807, 2.05) is 19.1 Å². The summed E-state index contributed by atoms with van der Waals surface area (Å²) in [4.78, 5) is 30.6. The number of nitrogens with one attached hydrogen (secondary N) is 1. The van der Waals surface area contributed by atoms with E-state index in [9.17, 15) is 9.59 Å². The van der Waals surface area contributed by atoms with Crippen molar-refractivity contribution in [1.29, 1.82) is 0 Å². The lowest BCUT2D eigenvalue weighted by Crippen LogP contribution is -2.50. The first kappa shape index (κ1) is 15.2. The normalized spacial score (nSPS) is 15.8. The van der Waals surface area contributed by atoms with Gasteiger partial charge >= 0.3 is 12.0 Å². The molecule has 0 saturated carbocycles. The number of hydrogen-bond acceptors (Lipinski definition) is 4. The van der Waals surface area contributed by atoms with Crippen LogP contribution in [0.15, 0.2) is 18.3 Å². The zero-order valence-electron chi connectivity index (χ0n) is 12.1. The predicted octanol–water partition coefficient (Wildman–Crippen LogP) is 1.01. The van der Waals surface area contributed by atoms with E-state index in [0.29, 0.717) is 38.4 Å². The number of anilines is 1. The molecule has 7 nitrogen and oxygen atoms in total. The monoisotopic (exact) mass is 292 g/mol. The van der Waals surface area contributed by atoms with Crippen molar-refractivity contribution in [3.8, 4) is 0 Å². The van der Waals surface area contributed by atoms with E-state index in [-0.39, 0.29) is 12.5 Å². The topological polar surface area (TPSA) is 85.8 Å². The van der Waals surface area contributed by atoms with Crippen LogP contribution in [0.25, 0.3) is 0 Å². The molecule has 0 aliphatic carbocycles. The molecular weight excluding hydrogens is 272 g/mol. The predicted molar refractivity (Wildman–Crippen MR) is 78.3 cm³/mol. The molecule has 21 heavy (non-hydrogen) atoms. The number of urea groups is 1. The number of nitrogens with zero attached hydrogens (tertiary/aromatic N) is 3. The van der Waals surface area contributed by atoms with Gasteiger partial charge in [0.25, 0.3) is 0 Å². The second-order valence-electron chi connectivity index (χ2n) is 5.09. The van der Waals surface area contributed by atoms with Crippen LogP contribution in [0.3, 0.4) is 0 Å². The number of piperazine rings is 1. The molecule has 1 aromatic rings. The highest BCUT2D eigenvalue weighted by molar-refractivity contribution is 5.89. The Labute approximate surface area is 123 Å². The summed E-state index contributed by atoms with van der Waals surface area (Å²) < 4.78 is 0. The van der Waals surface area contributed by atoms with Gasteiger partial charge in [0.2, 0.25) is 0 Å². The van der Waals surface area contributed by atoms with E-state index in [1.165, 1.54) is 0 Å². The second kappa shape index (κ2) is 7.03. The molecule has 0 atom stereocenters. The number of carbonyl (C=O) groups excluding carboxylic acids is 1. The number of aromatic nitrogens is 1. The molecule has 0 bridgehead atoms. The quantitative estimate of drug-likeness (QED) is 0.865. The Kier molecular flexibility index (Phi) is 5.10. The highest BCUT2D eigenvalue weighted by atomic mass is 16.4. The van der Waals surface area contributed by atoms with Crippen LogP contribution in [0.4, 0.5) is 10.5 Å². The minimum atomic E-state index is -0.790. The molecule has 1 aliphatic heterocycles. The molecule has 2 rings (SSSR count). The summed E-state index contributed by atoms with van der Waals surface area (Å²) in [5.41, 5.74) is 1.58. The standard InChI is InChI=1S/C14H20N4O3/c1-11-2-3-12(10-15-11)16-14(21)18-8-6-17(7-9-18)5-4-13(19)20/h2-3,10H,4-9H2,1H3,(H,16,21)(H,19,20). The molecule has 1 fully saturated rings. The van der Waals surface area contributed by atoms with Gasteiger partial charge in [-0.1, -0.05) is 0 Å². The summed E-state index contributed by atoms with van der Waals surface area (Å²) in [5, 5.41) is 11.5. The maximum absolute atomic E-state index is 12.1. The Morgan fingerprint density at radius 2 is 2.00 bits per heavy atom. The average molecular weight is 292 g/mol. The molecule has 0 spiro atoms. The molecule has 114 valence electrons. The van der Waals surface area contributed by atoms with E-state index in [2.05, 4.69) is 15.2 Å². The van der Waals surface area contributed by atoms with Crippen LogP contribution in [0.5, 0.6) is 0 Å². The van der Waals surface area contributed by atoms with Crippen LogP contribution in [0.2, 0.25) is 0 Å². The van der Waals surface area contributed by atoms with E-state index in [0.717, 1.165) is 5.69 Å². The van der Waals surface area contributed by atoms with Gasteiger partial charge in [-0.3, -0.25) is 14.7 Å². The van der Waals surface area contributed by atoms with Crippen molar-refractivity contribution in [2.75, 3.05) is 38.0 Å². The molecule has 1 saturated heterocycles. The van der Waals surface area contributed by atoms with E-state index < -0.39 is 5.97 Å². The van der Waals surface area contributed by atoms with Crippen molar-refractivity contribution in [3.63, 3.8) is 0 Å². The van der Waals surface area contributed by atoms with Crippen molar-refractivity contribution < 1.29 is 14.7 Å². The minimum Gasteiger partial charge on any atom is -0.481 e. The number of carbonyl (C=O) groups is 2. The summed E-state index contributed by atoms with van der Waals surface area (Å²) >= 11 is 0. The van der Waals surface area contributed by atoms with Crippen molar-refractivity contribution in [2.45, 2.75) is 13.3 Å². The molecule has 7 heteroatoms. The molecule has 0 aromatic carbocycles. The summed E-state index contributed by atoms with van der Waals surface area (Å²) in [5.74, 6) is -0.790. The molecule has 0 radical (unpaired) electrons. The van der Waals surface area contributed by atoms with Gasteiger partial charge in [-0.15, -0.1) is 0 Å². The minimum absolute atomic E-state index is 0.140. The van der Waals surface area contributed by atoms with Gasteiger partial charge in [-0.25, -0.2) is 4.79 Å². The van der Waals surface area contributed by atoms with Gasteiger partial charge in [0.15, 0.2) is 0 Å². The van der Waals surface area contributed by atoms with E-state index >= 15 is 0 Å². The lowest BCUT2D eigenvalue weighted by Gasteiger charge is -2.34. The Hall–Kier alpha value is -2.15. The first-order valence-electron chi connectivity index (χ1n) is 6.97. The summed E-state index contributed by atoms with van der Waals surface area (Å²) in [6, 6.07) is 3.53. The molecule has 2 amide bonds. The van der Waals surface area contributed by atoms with Crippen LogP contribution >= 0.6 is 0 Å². The number of rotatable bonds is 4. The van der Waals surface area contributed by atoms with E-state index in [1.54, 1.807) is 11.1 Å². The van der Waals surface area contributed by atoms with Crippen LogP contribution < -0.4 is 5.32 Å². The number of aryl methyl sites for hydroxylation is 1. The molecule has 1 aliphatic rings. The lowest BCUT2D eigenvalue weighted by molar-refractivity contribution is -0.137. The zero-order valence-corrected chi connectivity index (χ0v) is 12.1. The number of carboxylic acids is 1. The molecular formula is C14H20N4O3. The number of amides is 2. The molecule has 2 N–H and O–H groups in total. The average Bonchev–Trinajstić information content (AvgIpc) is 2.48. The highest BCUT2D eigenvalue weighted by Crippen LogP contribution is 2.09. The van der Waals surface area contributed by atoms with Crippen LogP contribution in [0.1, 0.15) is 12.1 Å². The lowest BCUT2D eigenvalue weighted by atomic mass is 10.3. The second-order valence-corrected chi connectivity index (χ2v) is 5.09. The Bertz CT molecular complexity index is 495. The summed E-state index contributed by atoms with van der Waals surface area (Å²) in [6.45, 7) is 5.03. The maximum Gasteiger partial charge on any atom is 0.321 e. The number of pyridine rings is 1. The largest absolute Gasteiger partial charge is 0.481 e. The smallest absolute Gasteiger partial charge is 0.321 e. The first-order valence-corrected chi connectivity index (χ1v) is 6.97. The third kappa shape index (κ3) is 4.71. The third-order valence-electron chi connectivity index (χ3n) is 3.46. The van der Waals surface area contributed by atoms with Crippen molar-refractivity contribution >= 4 is 17.7 Å². The number of hydrogen-bond donors (Lipinski definition) is 2. The maximum atomic E-state index is 12.1. The highest BCUT2D eigenvalue weighted by Gasteiger charge is 2.21. The van der Waals surface area contributed by atoms with Gasteiger partial charge in [-0.05, 0) is 19.1 Å². The van der Waals surface area contributed by atoms with Gasteiger partial charge in [0, 0.05) is 38.4 Å². The number of aliphatic carboxylic acids is 1. The Balaban J connectivity index is 1.77. The summed E-state index contributed by atoms with van der Waals surface area (Å²) in [6.07, 6.45) is 1.78. The summed E-state index contributed by atoms with van der Waals surface area (Å²) in [7, 11) is 0. The fraction of sp³-hybridized carbons (Fsp3) is 0.500.